The highest BCUT2D eigenvalue weighted by atomic mass is 15.0. The largest absolute Gasteiger partial charge is 0.309 e. The molecule has 0 aliphatic heterocycles. The van der Waals surface area contributed by atoms with Gasteiger partial charge in [0.2, 0.25) is 0 Å². The van der Waals surface area contributed by atoms with Crippen molar-refractivity contribution in [3.05, 3.63) is 217 Å². The van der Waals surface area contributed by atoms with Gasteiger partial charge >= 0.3 is 0 Å². The monoisotopic (exact) mass is 740 g/mol. The van der Waals surface area contributed by atoms with Crippen molar-refractivity contribution in [1.82, 2.24) is 9.13 Å². The molecule has 0 radical (unpaired) electrons. The Balaban J connectivity index is 1.02. The molecule has 274 valence electrons. The predicted octanol–water partition coefficient (Wildman–Crippen LogP) is 15.2. The first-order valence-corrected chi connectivity index (χ1v) is 20.1. The maximum absolute atomic E-state index is 2.43. The molecule has 0 aliphatic rings. The van der Waals surface area contributed by atoms with Gasteiger partial charge in [-0.05, 0) is 142 Å². The molecule has 0 saturated heterocycles. The second-order valence-corrected chi connectivity index (χ2v) is 15.6. The third kappa shape index (κ3) is 5.73. The summed E-state index contributed by atoms with van der Waals surface area (Å²) in [5.41, 5.74) is 19.4. The van der Waals surface area contributed by atoms with E-state index in [2.05, 4.69) is 229 Å². The molecule has 11 aromatic rings. The number of hydrogen-bond donors (Lipinski definition) is 0. The minimum Gasteiger partial charge on any atom is -0.309 e. The van der Waals surface area contributed by atoms with E-state index in [0.29, 0.717) is 0 Å². The smallest absolute Gasteiger partial charge is 0.0547 e. The molecule has 2 aromatic heterocycles. The van der Waals surface area contributed by atoms with Gasteiger partial charge < -0.3 is 9.13 Å². The summed E-state index contributed by atoms with van der Waals surface area (Å²) < 4.78 is 4.85. The molecule has 0 fully saturated rings. The lowest BCUT2D eigenvalue weighted by atomic mass is 9.93. The van der Waals surface area contributed by atoms with E-state index in [-0.39, 0.29) is 0 Å². The minimum absolute atomic E-state index is 1.14. The number of rotatable bonds is 6. The molecule has 0 unspecified atom stereocenters. The topological polar surface area (TPSA) is 9.86 Å². The molecular weight excluding hydrogens is 701 g/mol. The molecule has 2 nitrogen and oxygen atoms in total. The number of hydrogen-bond acceptors (Lipinski definition) is 0. The molecule has 0 spiro atoms. The first-order chi connectivity index (χ1) is 28.6. The van der Waals surface area contributed by atoms with Gasteiger partial charge in [-0.3, -0.25) is 0 Å². The summed E-state index contributed by atoms with van der Waals surface area (Å²) in [4.78, 5) is 0. The number of aryl methyl sites for hydroxylation is 2. The van der Waals surface area contributed by atoms with Crippen molar-refractivity contribution in [2.24, 2.45) is 0 Å². The molecule has 11 rings (SSSR count). The third-order valence-electron chi connectivity index (χ3n) is 11.8. The Morgan fingerprint density at radius 2 is 0.672 bits per heavy atom. The molecule has 0 saturated carbocycles. The molecule has 0 amide bonds. The average molecular weight is 741 g/mol. The summed E-state index contributed by atoms with van der Waals surface area (Å²) in [6.45, 7) is 4.37. The van der Waals surface area contributed by atoms with Crippen molar-refractivity contribution in [1.29, 1.82) is 0 Å². The highest BCUT2D eigenvalue weighted by Crippen LogP contribution is 2.39. The summed E-state index contributed by atoms with van der Waals surface area (Å²) in [7, 11) is 0. The molecule has 9 aromatic carbocycles. The number of fused-ring (bicyclic) bond motifs is 6. The summed E-state index contributed by atoms with van der Waals surface area (Å²) in [5, 5.41) is 5.03. The summed E-state index contributed by atoms with van der Waals surface area (Å²) in [6.07, 6.45) is 0. The lowest BCUT2D eigenvalue weighted by Gasteiger charge is -2.13. The van der Waals surface area contributed by atoms with E-state index in [4.69, 9.17) is 0 Å². The van der Waals surface area contributed by atoms with Crippen LogP contribution in [0.5, 0.6) is 0 Å². The van der Waals surface area contributed by atoms with Gasteiger partial charge in [0, 0.05) is 32.9 Å². The van der Waals surface area contributed by atoms with Crippen LogP contribution in [0.4, 0.5) is 0 Å². The van der Waals surface area contributed by atoms with Gasteiger partial charge in [-0.15, -0.1) is 0 Å². The van der Waals surface area contributed by atoms with Gasteiger partial charge in [0.05, 0.1) is 22.1 Å². The number of nitrogens with zero attached hydrogens (tertiary/aromatic N) is 2. The quantitative estimate of drug-likeness (QED) is 0.161. The Labute approximate surface area is 338 Å². The molecule has 58 heavy (non-hydrogen) atoms. The van der Waals surface area contributed by atoms with Gasteiger partial charge in [0.1, 0.15) is 0 Å². The molecule has 2 heteroatoms. The van der Waals surface area contributed by atoms with Crippen LogP contribution in [0.15, 0.2) is 206 Å². The van der Waals surface area contributed by atoms with Crippen LogP contribution >= 0.6 is 0 Å². The Kier molecular flexibility index (Phi) is 7.97. The van der Waals surface area contributed by atoms with Crippen LogP contribution in [0, 0.1) is 13.8 Å². The highest BCUT2D eigenvalue weighted by molar-refractivity contribution is 6.12. The van der Waals surface area contributed by atoms with Crippen LogP contribution in [0.1, 0.15) is 11.1 Å². The van der Waals surface area contributed by atoms with E-state index < -0.39 is 0 Å². The Morgan fingerprint density at radius 3 is 1.28 bits per heavy atom. The van der Waals surface area contributed by atoms with Crippen LogP contribution in [-0.4, -0.2) is 9.13 Å². The van der Waals surface area contributed by atoms with E-state index >= 15 is 0 Å². The van der Waals surface area contributed by atoms with Gasteiger partial charge in [-0.25, -0.2) is 0 Å². The first-order valence-electron chi connectivity index (χ1n) is 20.1. The molecule has 2 heterocycles. The van der Waals surface area contributed by atoms with Crippen LogP contribution in [-0.2, 0) is 0 Å². The minimum atomic E-state index is 1.14. The van der Waals surface area contributed by atoms with E-state index in [1.54, 1.807) is 0 Å². The van der Waals surface area contributed by atoms with Crippen LogP contribution in [0.2, 0.25) is 0 Å². The molecule has 0 atom stereocenters. The van der Waals surface area contributed by atoms with Crippen molar-refractivity contribution >= 4 is 43.6 Å². The van der Waals surface area contributed by atoms with Gasteiger partial charge in [-0.2, -0.15) is 0 Å². The lowest BCUT2D eigenvalue weighted by Crippen LogP contribution is -1.95. The normalized spacial score (nSPS) is 11.6. The zero-order valence-corrected chi connectivity index (χ0v) is 32.5. The van der Waals surface area contributed by atoms with E-state index in [1.807, 2.05) is 0 Å². The SMILES string of the molecule is Cc1cc(C)cc(-n2c3ccccc3c3ccc(-c4ccc5c(c4)c4ccccc4n5-c4ccc(-c5cc(-c6ccccc6)cc(-c6ccccc6)c5)cc4)cc32)c1. The summed E-state index contributed by atoms with van der Waals surface area (Å²) in [5.74, 6) is 0. The first kappa shape index (κ1) is 33.9. The van der Waals surface area contributed by atoms with Crippen LogP contribution < -0.4 is 0 Å². The number of benzene rings is 9. The van der Waals surface area contributed by atoms with Gasteiger partial charge in [-0.1, -0.05) is 133 Å². The molecule has 0 N–H and O–H groups in total. The fourth-order valence-electron chi connectivity index (χ4n) is 9.13. The maximum atomic E-state index is 2.43. The summed E-state index contributed by atoms with van der Waals surface area (Å²) >= 11 is 0. The van der Waals surface area contributed by atoms with Gasteiger partial charge in [0.15, 0.2) is 0 Å². The van der Waals surface area contributed by atoms with Crippen LogP contribution in [0.25, 0.3) is 99.5 Å². The predicted molar refractivity (Wildman–Crippen MR) is 246 cm³/mol. The van der Waals surface area contributed by atoms with Crippen molar-refractivity contribution in [2.45, 2.75) is 13.8 Å². The zero-order chi connectivity index (χ0) is 38.7. The lowest BCUT2D eigenvalue weighted by molar-refractivity contribution is 1.16. The molecule has 0 aliphatic carbocycles. The average Bonchev–Trinajstić information content (AvgIpc) is 3.79. The van der Waals surface area contributed by atoms with E-state index in [0.717, 1.165) is 5.69 Å². The Morgan fingerprint density at radius 1 is 0.241 bits per heavy atom. The fourth-order valence-corrected chi connectivity index (χ4v) is 9.13. The van der Waals surface area contributed by atoms with Gasteiger partial charge in [0.25, 0.3) is 0 Å². The second-order valence-electron chi connectivity index (χ2n) is 15.6. The Hall–Kier alpha value is -7.42. The van der Waals surface area contributed by atoms with Crippen molar-refractivity contribution in [3.63, 3.8) is 0 Å². The highest BCUT2D eigenvalue weighted by Gasteiger charge is 2.17. The van der Waals surface area contributed by atoms with Crippen molar-refractivity contribution in [2.75, 3.05) is 0 Å². The van der Waals surface area contributed by atoms with Crippen molar-refractivity contribution < 1.29 is 0 Å². The second kappa shape index (κ2) is 13.7. The maximum Gasteiger partial charge on any atom is 0.0547 e. The number of para-hydroxylation sites is 2. The van der Waals surface area contributed by atoms with E-state index in [1.165, 1.54) is 105 Å². The fraction of sp³-hybridized carbons (Fsp3) is 0.0357. The molecular formula is C56H40N2. The molecule has 0 bridgehead atoms. The third-order valence-corrected chi connectivity index (χ3v) is 11.8. The van der Waals surface area contributed by atoms with Crippen LogP contribution in [0.3, 0.4) is 0 Å². The number of aromatic nitrogens is 2. The van der Waals surface area contributed by atoms with Crippen molar-refractivity contribution in [3.8, 4) is 55.9 Å². The summed E-state index contributed by atoms with van der Waals surface area (Å²) in [6, 6.07) is 75.7. The van der Waals surface area contributed by atoms with E-state index in [9.17, 15) is 0 Å². The standard InChI is InChI=1S/C56H40N2/c1-37-29-38(2)31-48(30-37)58-53-19-11-9-17-49(53)51-27-23-43(36-56(51)58)42-24-28-55-52(35-42)50-18-10-12-20-54(50)57(55)47-25-21-41(22-26-47)46-33-44(39-13-5-3-6-14-39)32-45(34-46)40-15-7-4-8-16-40/h3-36H,1-2H3. The Bertz CT molecular complexity index is 3250. The zero-order valence-electron chi connectivity index (χ0n) is 32.5.